The average Bonchev–Trinajstić information content (AvgIpc) is 2.53. The molecule has 0 aliphatic heterocycles. The lowest BCUT2D eigenvalue weighted by Crippen LogP contribution is -2.37. The van der Waals surface area contributed by atoms with Crippen molar-refractivity contribution >= 4 is 45.8 Å². The first-order valence-corrected chi connectivity index (χ1v) is 8.64. The third-order valence-electron chi connectivity index (χ3n) is 3.70. The van der Waals surface area contributed by atoms with E-state index in [1.165, 1.54) is 12.1 Å². The molecule has 2 aromatic rings. The SMILES string of the molecule is CC(C)(CNC(=O)c1cc([N+](=O)[O-])ccc1I)c1cccc(Cl)c1. The van der Waals surface area contributed by atoms with E-state index in [1.807, 2.05) is 54.6 Å². The van der Waals surface area contributed by atoms with E-state index in [0.717, 1.165) is 5.56 Å². The summed E-state index contributed by atoms with van der Waals surface area (Å²) >= 11 is 8.02. The number of nitrogens with zero attached hydrogens (tertiary/aromatic N) is 1. The fourth-order valence-corrected chi connectivity index (χ4v) is 2.98. The summed E-state index contributed by atoms with van der Waals surface area (Å²) < 4.78 is 0.663. The van der Waals surface area contributed by atoms with Crippen LogP contribution in [0.3, 0.4) is 0 Å². The second-order valence-electron chi connectivity index (χ2n) is 6.00. The lowest BCUT2D eigenvalue weighted by Gasteiger charge is -2.26. The van der Waals surface area contributed by atoms with E-state index in [0.29, 0.717) is 20.7 Å². The Morgan fingerprint density at radius 1 is 1.29 bits per heavy atom. The Balaban J connectivity index is 2.15. The third kappa shape index (κ3) is 4.45. The second-order valence-corrected chi connectivity index (χ2v) is 7.60. The number of non-ortho nitro benzene ring substituents is 1. The summed E-state index contributed by atoms with van der Waals surface area (Å²) in [4.78, 5) is 22.8. The van der Waals surface area contributed by atoms with Crippen LogP contribution in [0.5, 0.6) is 0 Å². The summed E-state index contributed by atoms with van der Waals surface area (Å²) in [6, 6.07) is 11.7. The molecule has 1 N–H and O–H groups in total. The molecule has 0 heterocycles. The van der Waals surface area contributed by atoms with Crippen LogP contribution in [0.1, 0.15) is 29.8 Å². The van der Waals surface area contributed by atoms with Crippen LogP contribution >= 0.6 is 34.2 Å². The molecule has 0 unspecified atom stereocenters. The normalized spacial score (nSPS) is 11.2. The van der Waals surface area contributed by atoms with Gasteiger partial charge in [-0.2, -0.15) is 0 Å². The molecule has 1 amide bonds. The Bertz CT molecular complexity index is 793. The highest BCUT2D eigenvalue weighted by Crippen LogP contribution is 2.25. The predicted octanol–water partition coefficient (Wildman–Crippen LogP) is 4.56. The van der Waals surface area contributed by atoms with Crippen molar-refractivity contribution in [3.05, 3.63) is 72.3 Å². The number of carbonyl (C=O) groups is 1. The number of nitrogens with one attached hydrogen (secondary N) is 1. The quantitative estimate of drug-likeness (QED) is 0.406. The molecule has 5 nitrogen and oxygen atoms in total. The summed E-state index contributed by atoms with van der Waals surface area (Å²) in [5, 5.41) is 14.4. The minimum absolute atomic E-state index is 0.102. The van der Waals surface area contributed by atoms with Crippen molar-refractivity contribution < 1.29 is 9.72 Å². The van der Waals surface area contributed by atoms with Crippen LogP contribution in [0.15, 0.2) is 42.5 Å². The molecule has 0 bridgehead atoms. The van der Waals surface area contributed by atoms with Gasteiger partial charge in [0.1, 0.15) is 0 Å². The second kappa shape index (κ2) is 7.48. The van der Waals surface area contributed by atoms with E-state index in [-0.39, 0.29) is 17.0 Å². The van der Waals surface area contributed by atoms with Gasteiger partial charge < -0.3 is 5.32 Å². The van der Waals surface area contributed by atoms with Crippen molar-refractivity contribution in [3.8, 4) is 0 Å². The van der Waals surface area contributed by atoms with Gasteiger partial charge in [0, 0.05) is 32.7 Å². The van der Waals surface area contributed by atoms with Crippen molar-refractivity contribution in [2.45, 2.75) is 19.3 Å². The first-order chi connectivity index (χ1) is 11.2. The molecule has 126 valence electrons. The molecule has 0 aromatic heterocycles. The molecule has 0 aliphatic rings. The molecule has 0 radical (unpaired) electrons. The number of rotatable bonds is 5. The fraction of sp³-hybridized carbons (Fsp3) is 0.235. The van der Waals surface area contributed by atoms with Gasteiger partial charge in [-0.3, -0.25) is 14.9 Å². The summed E-state index contributed by atoms with van der Waals surface area (Å²) in [6.45, 7) is 4.37. The first-order valence-electron chi connectivity index (χ1n) is 7.19. The molecule has 2 aromatic carbocycles. The highest BCUT2D eigenvalue weighted by molar-refractivity contribution is 14.1. The number of benzene rings is 2. The van der Waals surface area contributed by atoms with Crippen LogP contribution in [-0.2, 0) is 5.41 Å². The number of nitro groups is 1. The molecule has 2 rings (SSSR count). The first kappa shape index (κ1) is 18.7. The fourth-order valence-electron chi connectivity index (χ4n) is 2.21. The van der Waals surface area contributed by atoms with Gasteiger partial charge in [0.25, 0.3) is 11.6 Å². The monoisotopic (exact) mass is 458 g/mol. The van der Waals surface area contributed by atoms with Crippen molar-refractivity contribution in [2.75, 3.05) is 6.54 Å². The molecule has 7 heteroatoms. The molecule has 0 fully saturated rings. The van der Waals surface area contributed by atoms with Gasteiger partial charge in [-0.15, -0.1) is 0 Å². The van der Waals surface area contributed by atoms with Crippen LogP contribution in [0.2, 0.25) is 5.02 Å². The minimum atomic E-state index is -0.511. The van der Waals surface area contributed by atoms with Crippen LogP contribution in [0.4, 0.5) is 5.69 Å². The van der Waals surface area contributed by atoms with E-state index < -0.39 is 4.92 Å². The van der Waals surface area contributed by atoms with Crippen LogP contribution in [0, 0.1) is 13.7 Å². The lowest BCUT2D eigenvalue weighted by molar-refractivity contribution is -0.384. The van der Waals surface area contributed by atoms with Crippen molar-refractivity contribution in [1.82, 2.24) is 5.32 Å². The zero-order valence-corrected chi connectivity index (χ0v) is 16.1. The molecule has 0 aliphatic carbocycles. The number of halogens is 2. The van der Waals surface area contributed by atoms with Gasteiger partial charge in [-0.05, 0) is 46.4 Å². The van der Waals surface area contributed by atoms with Gasteiger partial charge in [0.05, 0.1) is 10.5 Å². The summed E-state index contributed by atoms with van der Waals surface area (Å²) in [5.74, 6) is -0.335. The predicted molar refractivity (Wildman–Crippen MR) is 103 cm³/mol. The van der Waals surface area contributed by atoms with Crippen LogP contribution in [0.25, 0.3) is 0 Å². The Morgan fingerprint density at radius 2 is 2.00 bits per heavy atom. The molecule has 0 saturated heterocycles. The van der Waals surface area contributed by atoms with Crippen molar-refractivity contribution in [2.24, 2.45) is 0 Å². The summed E-state index contributed by atoms with van der Waals surface area (Å²) in [7, 11) is 0. The largest absolute Gasteiger partial charge is 0.351 e. The maximum atomic E-state index is 12.4. The van der Waals surface area contributed by atoms with Gasteiger partial charge in [0.2, 0.25) is 0 Å². The summed E-state index contributed by atoms with van der Waals surface area (Å²) in [6.07, 6.45) is 0. The lowest BCUT2D eigenvalue weighted by atomic mass is 9.84. The number of amides is 1. The zero-order chi connectivity index (χ0) is 17.9. The Hall–Kier alpha value is -1.67. The molecule has 0 saturated carbocycles. The number of nitro benzene ring substituents is 1. The van der Waals surface area contributed by atoms with Crippen molar-refractivity contribution in [1.29, 1.82) is 0 Å². The van der Waals surface area contributed by atoms with E-state index in [4.69, 9.17) is 11.6 Å². The average molecular weight is 459 g/mol. The standard InChI is InChI=1S/C17H16ClIN2O3/c1-17(2,11-4-3-5-12(18)8-11)10-20-16(22)14-9-13(21(23)24)6-7-15(14)19/h3-9H,10H2,1-2H3,(H,20,22). The highest BCUT2D eigenvalue weighted by atomic mass is 127. The topological polar surface area (TPSA) is 72.2 Å². The van der Waals surface area contributed by atoms with Gasteiger partial charge in [0.15, 0.2) is 0 Å². The van der Waals surface area contributed by atoms with E-state index in [9.17, 15) is 14.9 Å². The minimum Gasteiger partial charge on any atom is -0.351 e. The smallest absolute Gasteiger partial charge is 0.270 e. The Morgan fingerprint density at radius 3 is 2.62 bits per heavy atom. The molecular weight excluding hydrogens is 443 g/mol. The maximum Gasteiger partial charge on any atom is 0.270 e. The molecule has 0 atom stereocenters. The van der Waals surface area contributed by atoms with Crippen molar-refractivity contribution in [3.63, 3.8) is 0 Å². The molecular formula is C17H16ClIN2O3. The van der Waals surface area contributed by atoms with Gasteiger partial charge >= 0.3 is 0 Å². The van der Waals surface area contributed by atoms with E-state index in [1.54, 1.807) is 12.1 Å². The third-order valence-corrected chi connectivity index (χ3v) is 4.88. The van der Waals surface area contributed by atoms with E-state index in [2.05, 4.69) is 5.32 Å². The maximum absolute atomic E-state index is 12.4. The van der Waals surface area contributed by atoms with E-state index >= 15 is 0 Å². The molecule has 24 heavy (non-hydrogen) atoms. The number of hydrogen-bond donors (Lipinski definition) is 1. The van der Waals surface area contributed by atoms with Crippen LogP contribution in [-0.4, -0.2) is 17.4 Å². The molecule has 0 spiro atoms. The Labute approximate surface area is 158 Å². The number of hydrogen-bond acceptors (Lipinski definition) is 3. The highest BCUT2D eigenvalue weighted by Gasteiger charge is 2.23. The summed E-state index contributed by atoms with van der Waals surface area (Å²) in [5.41, 5.74) is 0.873. The van der Waals surface area contributed by atoms with Gasteiger partial charge in [-0.25, -0.2) is 0 Å². The Kier molecular flexibility index (Phi) is 5.82. The number of carbonyl (C=O) groups excluding carboxylic acids is 1. The van der Waals surface area contributed by atoms with Crippen LogP contribution < -0.4 is 5.32 Å². The zero-order valence-electron chi connectivity index (χ0n) is 13.2. The van der Waals surface area contributed by atoms with Gasteiger partial charge in [-0.1, -0.05) is 37.6 Å².